The molecule has 0 fully saturated rings. The highest BCUT2D eigenvalue weighted by Gasteiger charge is 2.14. The van der Waals surface area contributed by atoms with Gasteiger partial charge in [0.2, 0.25) is 5.65 Å². The monoisotopic (exact) mass is 278 g/mol. The van der Waals surface area contributed by atoms with E-state index in [9.17, 15) is 0 Å². The number of aromatic nitrogens is 6. The number of benzene rings is 1. The van der Waals surface area contributed by atoms with Crippen LogP contribution < -0.4 is 0 Å². The van der Waals surface area contributed by atoms with Crippen molar-refractivity contribution < 1.29 is 0 Å². The van der Waals surface area contributed by atoms with Gasteiger partial charge in [-0.05, 0) is 44.5 Å². The van der Waals surface area contributed by atoms with Gasteiger partial charge in [-0.1, -0.05) is 6.07 Å². The SMILES string of the molecule is Cc1ccc2c(c1)nc(-n1nc(C)cc1C)c1nncn12. The summed E-state index contributed by atoms with van der Waals surface area (Å²) >= 11 is 0. The average Bonchev–Trinajstić information content (AvgIpc) is 3.04. The minimum Gasteiger partial charge on any atom is -0.277 e. The van der Waals surface area contributed by atoms with E-state index in [-0.39, 0.29) is 0 Å². The third kappa shape index (κ3) is 1.72. The van der Waals surface area contributed by atoms with Crippen LogP contribution in [0, 0.1) is 20.8 Å². The van der Waals surface area contributed by atoms with E-state index < -0.39 is 0 Å². The Morgan fingerprint density at radius 2 is 1.90 bits per heavy atom. The summed E-state index contributed by atoms with van der Waals surface area (Å²) < 4.78 is 3.77. The first-order valence-corrected chi connectivity index (χ1v) is 6.77. The molecule has 0 radical (unpaired) electrons. The molecule has 21 heavy (non-hydrogen) atoms. The summed E-state index contributed by atoms with van der Waals surface area (Å²) in [6, 6.07) is 8.18. The molecule has 6 nitrogen and oxygen atoms in total. The van der Waals surface area contributed by atoms with E-state index >= 15 is 0 Å². The Hall–Kier alpha value is -2.76. The van der Waals surface area contributed by atoms with Crippen LogP contribution in [0.2, 0.25) is 0 Å². The maximum absolute atomic E-state index is 4.76. The topological polar surface area (TPSA) is 60.9 Å². The van der Waals surface area contributed by atoms with Crippen molar-refractivity contribution in [3.05, 3.63) is 47.5 Å². The zero-order valence-corrected chi connectivity index (χ0v) is 12.1. The van der Waals surface area contributed by atoms with Gasteiger partial charge in [0.05, 0.1) is 16.7 Å². The van der Waals surface area contributed by atoms with Gasteiger partial charge in [0.1, 0.15) is 6.33 Å². The van der Waals surface area contributed by atoms with Gasteiger partial charge >= 0.3 is 0 Å². The van der Waals surface area contributed by atoms with Gasteiger partial charge in [-0.2, -0.15) is 5.10 Å². The summed E-state index contributed by atoms with van der Waals surface area (Å²) in [6.45, 7) is 6.03. The molecule has 6 heteroatoms. The van der Waals surface area contributed by atoms with Crippen molar-refractivity contribution in [2.75, 3.05) is 0 Å². The van der Waals surface area contributed by atoms with E-state index in [0.29, 0.717) is 11.5 Å². The molecule has 104 valence electrons. The minimum absolute atomic E-state index is 0.705. The number of hydrogen-bond donors (Lipinski definition) is 0. The largest absolute Gasteiger partial charge is 0.277 e. The van der Waals surface area contributed by atoms with Crippen molar-refractivity contribution >= 4 is 16.7 Å². The maximum atomic E-state index is 4.76. The number of aryl methyl sites for hydroxylation is 3. The highest BCUT2D eigenvalue weighted by Crippen LogP contribution is 2.21. The molecule has 0 aliphatic carbocycles. The molecule has 0 spiro atoms. The molecule has 4 rings (SSSR count). The second-order valence-corrected chi connectivity index (χ2v) is 5.29. The highest BCUT2D eigenvalue weighted by atomic mass is 15.3. The molecule has 3 aromatic heterocycles. The standard InChI is InChI=1S/C15H14N6/c1-9-4-5-13-12(6-9)17-14(15-18-16-8-20(13)15)21-11(3)7-10(2)19-21/h4-8H,1-3H3. The summed E-state index contributed by atoms with van der Waals surface area (Å²) in [7, 11) is 0. The zero-order valence-electron chi connectivity index (χ0n) is 12.1. The molecule has 1 aromatic carbocycles. The second-order valence-electron chi connectivity index (χ2n) is 5.29. The van der Waals surface area contributed by atoms with Crippen molar-refractivity contribution in [3.8, 4) is 5.82 Å². The summed E-state index contributed by atoms with van der Waals surface area (Å²) in [6.07, 6.45) is 1.71. The van der Waals surface area contributed by atoms with Crippen molar-refractivity contribution in [1.82, 2.24) is 29.4 Å². The third-order valence-electron chi connectivity index (χ3n) is 3.57. The normalized spacial score (nSPS) is 11.6. The van der Waals surface area contributed by atoms with Gasteiger partial charge in [0.15, 0.2) is 5.82 Å². The van der Waals surface area contributed by atoms with E-state index in [0.717, 1.165) is 22.4 Å². The Bertz CT molecular complexity index is 979. The van der Waals surface area contributed by atoms with E-state index in [4.69, 9.17) is 4.98 Å². The predicted octanol–water partition coefficient (Wildman–Crippen LogP) is 2.39. The molecule has 0 saturated heterocycles. The lowest BCUT2D eigenvalue weighted by Gasteiger charge is -2.08. The average molecular weight is 278 g/mol. The quantitative estimate of drug-likeness (QED) is 0.536. The third-order valence-corrected chi connectivity index (χ3v) is 3.57. The fourth-order valence-corrected chi connectivity index (χ4v) is 2.64. The number of hydrogen-bond acceptors (Lipinski definition) is 4. The number of nitrogens with zero attached hydrogens (tertiary/aromatic N) is 6. The van der Waals surface area contributed by atoms with Crippen LogP contribution in [-0.2, 0) is 0 Å². The number of rotatable bonds is 1. The maximum Gasteiger partial charge on any atom is 0.206 e. The van der Waals surface area contributed by atoms with Gasteiger partial charge in [0, 0.05) is 5.69 Å². The van der Waals surface area contributed by atoms with Gasteiger partial charge in [-0.15, -0.1) is 10.2 Å². The van der Waals surface area contributed by atoms with Crippen LogP contribution in [0.15, 0.2) is 30.6 Å². The van der Waals surface area contributed by atoms with Crippen molar-refractivity contribution in [3.63, 3.8) is 0 Å². The van der Waals surface area contributed by atoms with Gasteiger partial charge in [-0.3, -0.25) is 4.40 Å². The Labute approximate surface area is 121 Å². The lowest BCUT2D eigenvalue weighted by atomic mass is 10.2. The zero-order chi connectivity index (χ0) is 14.6. The van der Waals surface area contributed by atoms with E-state index in [2.05, 4.69) is 34.4 Å². The lowest BCUT2D eigenvalue weighted by molar-refractivity contribution is 0.809. The summed E-state index contributed by atoms with van der Waals surface area (Å²) in [5.74, 6) is 0.705. The van der Waals surface area contributed by atoms with Crippen LogP contribution in [-0.4, -0.2) is 29.4 Å². The van der Waals surface area contributed by atoms with E-state index in [1.54, 1.807) is 6.33 Å². The van der Waals surface area contributed by atoms with Gasteiger partial charge in [0.25, 0.3) is 0 Å². The molecule has 0 amide bonds. The smallest absolute Gasteiger partial charge is 0.206 e. The number of fused-ring (bicyclic) bond motifs is 3. The Morgan fingerprint density at radius 1 is 1.05 bits per heavy atom. The first kappa shape index (κ1) is 12.0. The van der Waals surface area contributed by atoms with Crippen LogP contribution >= 0.6 is 0 Å². The summed E-state index contributed by atoms with van der Waals surface area (Å²) in [5.41, 5.74) is 5.75. The van der Waals surface area contributed by atoms with Crippen molar-refractivity contribution in [1.29, 1.82) is 0 Å². The van der Waals surface area contributed by atoms with Gasteiger partial charge < -0.3 is 0 Å². The first-order chi connectivity index (χ1) is 10.1. The molecule has 0 aliphatic heterocycles. The Balaban J connectivity index is 2.16. The fraction of sp³-hybridized carbons (Fsp3) is 0.200. The Kier molecular flexibility index (Phi) is 2.35. The molecule has 0 saturated carbocycles. The molecule has 0 bridgehead atoms. The van der Waals surface area contributed by atoms with Crippen molar-refractivity contribution in [2.24, 2.45) is 0 Å². The van der Waals surface area contributed by atoms with E-state index in [1.165, 1.54) is 5.56 Å². The fourth-order valence-electron chi connectivity index (χ4n) is 2.64. The van der Waals surface area contributed by atoms with E-state index in [1.807, 2.05) is 35.1 Å². The Morgan fingerprint density at radius 3 is 2.67 bits per heavy atom. The van der Waals surface area contributed by atoms with Crippen LogP contribution in [0.4, 0.5) is 0 Å². The highest BCUT2D eigenvalue weighted by molar-refractivity contribution is 5.81. The molecule has 0 N–H and O–H groups in total. The molecular formula is C15H14N6. The molecule has 3 heterocycles. The second kappa shape index (κ2) is 4.12. The molecule has 4 aromatic rings. The molecular weight excluding hydrogens is 264 g/mol. The lowest BCUT2D eigenvalue weighted by Crippen LogP contribution is -2.06. The molecule has 0 atom stereocenters. The minimum atomic E-state index is 0.705. The molecule has 0 unspecified atom stereocenters. The van der Waals surface area contributed by atoms with Gasteiger partial charge in [-0.25, -0.2) is 9.67 Å². The van der Waals surface area contributed by atoms with Crippen LogP contribution in [0.1, 0.15) is 17.0 Å². The van der Waals surface area contributed by atoms with Crippen LogP contribution in [0.5, 0.6) is 0 Å². The predicted molar refractivity (Wildman–Crippen MR) is 79.6 cm³/mol. The van der Waals surface area contributed by atoms with Crippen molar-refractivity contribution in [2.45, 2.75) is 20.8 Å². The first-order valence-electron chi connectivity index (χ1n) is 6.77. The van der Waals surface area contributed by atoms with Crippen LogP contribution in [0.3, 0.4) is 0 Å². The van der Waals surface area contributed by atoms with Crippen LogP contribution in [0.25, 0.3) is 22.5 Å². The molecule has 0 aliphatic rings. The summed E-state index contributed by atoms with van der Waals surface area (Å²) in [5, 5.41) is 12.7. The summed E-state index contributed by atoms with van der Waals surface area (Å²) in [4.78, 5) is 4.76.